The van der Waals surface area contributed by atoms with Gasteiger partial charge in [0.05, 0.1) is 6.20 Å². The van der Waals surface area contributed by atoms with Gasteiger partial charge in [0.25, 0.3) is 0 Å². The highest BCUT2D eigenvalue weighted by molar-refractivity contribution is 7.14. The van der Waals surface area contributed by atoms with Crippen molar-refractivity contribution in [1.82, 2.24) is 4.98 Å². The van der Waals surface area contributed by atoms with E-state index in [1.807, 2.05) is 47.2 Å². The number of aromatic nitrogens is 1. The van der Waals surface area contributed by atoms with Crippen LogP contribution >= 0.6 is 22.7 Å². The Labute approximate surface area is 255 Å². The zero-order valence-corrected chi connectivity index (χ0v) is 24.9. The van der Waals surface area contributed by atoms with Crippen LogP contribution in [0.2, 0.25) is 0 Å². The van der Waals surface area contributed by atoms with Gasteiger partial charge < -0.3 is 14.7 Å². The largest absolute Gasteiger partial charge is 0.401 e. The average Bonchev–Trinajstić information content (AvgIpc) is 3.82. The lowest BCUT2D eigenvalue weighted by molar-refractivity contribution is -0.701. The van der Waals surface area contributed by atoms with E-state index in [0.717, 1.165) is 15.5 Å². The molecule has 3 aliphatic rings. The molecule has 6 aromatic rings. The van der Waals surface area contributed by atoms with E-state index in [4.69, 9.17) is 0 Å². The lowest BCUT2D eigenvalue weighted by atomic mass is 10.1. The molecule has 6 heterocycles. The monoisotopic (exact) mass is 584 g/mol. The van der Waals surface area contributed by atoms with Gasteiger partial charge in [-0.3, -0.25) is 4.98 Å². The summed E-state index contributed by atoms with van der Waals surface area (Å²) >= 11 is 3.64. The third-order valence-electron chi connectivity index (χ3n) is 8.19. The van der Waals surface area contributed by atoms with Crippen molar-refractivity contribution in [2.24, 2.45) is 0 Å². The molecule has 42 heavy (non-hydrogen) atoms. The molecular weight excluding hydrogens is 553 g/mol. The molecule has 9 rings (SSSR count). The fourth-order valence-corrected chi connectivity index (χ4v) is 8.00. The Balaban J connectivity index is 0.000000103. The number of fused-ring (bicyclic) bond motifs is 8. The van der Waals surface area contributed by atoms with E-state index < -0.39 is 0 Å². The predicted molar refractivity (Wildman–Crippen MR) is 175 cm³/mol. The number of pyridine rings is 1. The van der Waals surface area contributed by atoms with Crippen molar-refractivity contribution >= 4 is 55.4 Å². The molecule has 3 aromatic heterocycles. The van der Waals surface area contributed by atoms with Crippen LogP contribution in [0.5, 0.6) is 0 Å². The third kappa shape index (κ3) is 4.71. The van der Waals surface area contributed by atoms with Gasteiger partial charge in [-0.2, -0.15) is 0 Å². The summed E-state index contributed by atoms with van der Waals surface area (Å²) in [6, 6.07) is 31.7. The summed E-state index contributed by atoms with van der Waals surface area (Å²) in [5.74, 6) is 0. The number of nitrogens with one attached hydrogen (secondary N) is 3. The molecule has 3 aliphatic heterocycles. The normalized spacial score (nSPS) is 15.8. The van der Waals surface area contributed by atoms with E-state index in [1.54, 1.807) is 0 Å². The zero-order chi connectivity index (χ0) is 28.6. The van der Waals surface area contributed by atoms with Crippen LogP contribution in [0.25, 0.3) is 22.3 Å². The summed E-state index contributed by atoms with van der Waals surface area (Å²) < 4.78 is 0. The molecule has 6 heteroatoms. The van der Waals surface area contributed by atoms with Crippen LogP contribution in [0.15, 0.2) is 114 Å². The van der Waals surface area contributed by atoms with Crippen LogP contribution in [0.4, 0.5) is 32.8 Å². The molecule has 0 aliphatic carbocycles. The molecule has 1 atom stereocenters. The second-order valence-corrected chi connectivity index (χ2v) is 12.4. The SMILES string of the molecule is [CH2-][NH+]1c2ccccc2-c2ccccc21.[CH2-][NH+]1c2ccccc2-c2ccncc21.[CH2-][NH+]1c2sccc2CCc2ccsc21. The number of para-hydroxylation sites is 3. The predicted octanol–water partition coefficient (Wildman–Crippen LogP) is 6.56. The van der Waals surface area contributed by atoms with E-state index in [1.165, 1.54) is 78.2 Å². The number of rotatable bonds is 0. The topological polar surface area (TPSA) is 26.2 Å². The first kappa shape index (κ1) is 27.0. The van der Waals surface area contributed by atoms with Gasteiger partial charge in [-0.15, -0.1) is 21.1 Å². The second-order valence-electron chi connectivity index (χ2n) is 10.5. The van der Waals surface area contributed by atoms with Gasteiger partial charge in [-0.05, 0) is 78.2 Å². The molecule has 4 nitrogen and oxygen atoms in total. The number of nitrogens with zero attached hydrogens (tertiary/aromatic N) is 1. The fraction of sp³-hybridized carbons (Fsp3) is 0.0556. The molecule has 0 saturated carbocycles. The maximum absolute atomic E-state index is 4.22. The molecule has 0 radical (unpaired) electrons. The molecule has 0 saturated heterocycles. The Kier molecular flexibility index (Phi) is 7.32. The van der Waals surface area contributed by atoms with Crippen molar-refractivity contribution in [2.45, 2.75) is 12.8 Å². The van der Waals surface area contributed by atoms with Gasteiger partial charge in [0.1, 0.15) is 22.7 Å². The molecule has 0 bridgehead atoms. The van der Waals surface area contributed by atoms with E-state index in [0.29, 0.717) is 0 Å². The summed E-state index contributed by atoms with van der Waals surface area (Å²) in [6.45, 7) is 0. The number of thiophene rings is 2. The van der Waals surface area contributed by atoms with Crippen LogP contribution in [0.3, 0.4) is 0 Å². The Morgan fingerprint density at radius 1 is 0.500 bits per heavy atom. The fourth-order valence-electron chi connectivity index (χ4n) is 6.07. The molecule has 0 fully saturated rings. The highest BCUT2D eigenvalue weighted by Gasteiger charge is 2.25. The van der Waals surface area contributed by atoms with Crippen molar-refractivity contribution < 1.29 is 14.7 Å². The molecule has 208 valence electrons. The first-order valence-electron chi connectivity index (χ1n) is 14.1. The van der Waals surface area contributed by atoms with Crippen LogP contribution in [0, 0.1) is 21.1 Å². The third-order valence-corrected chi connectivity index (χ3v) is 10.2. The summed E-state index contributed by atoms with van der Waals surface area (Å²) in [5.41, 5.74) is 13.0. The maximum Gasteiger partial charge on any atom is 0.168 e. The number of aryl methyl sites for hydroxylation is 2. The van der Waals surface area contributed by atoms with E-state index in [2.05, 4.69) is 116 Å². The van der Waals surface area contributed by atoms with E-state index in [9.17, 15) is 0 Å². The van der Waals surface area contributed by atoms with Gasteiger partial charge in [0, 0.05) is 39.6 Å². The number of hydrogen-bond donors (Lipinski definition) is 3. The second kappa shape index (κ2) is 11.4. The summed E-state index contributed by atoms with van der Waals surface area (Å²) in [7, 11) is 12.5. The van der Waals surface area contributed by atoms with Gasteiger partial charge in [-0.1, -0.05) is 59.1 Å². The van der Waals surface area contributed by atoms with Crippen molar-refractivity contribution in [2.75, 3.05) is 0 Å². The highest BCUT2D eigenvalue weighted by atomic mass is 32.1. The van der Waals surface area contributed by atoms with Gasteiger partial charge in [0.2, 0.25) is 0 Å². The van der Waals surface area contributed by atoms with Gasteiger partial charge >= 0.3 is 0 Å². The first-order chi connectivity index (χ1) is 20.6. The Hall–Kier alpha value is -3.91. The Morgan fingerprint density at radius 2 is 0.929 bits per heavy atom. The van der Waals surface area contributed by atoms with Crippen LogP contribution in [0.1, 0.15) is 11.1 Å². The summed E-state index contributed by atoms with van der Waals surface area (Å²) in [6.07, 6.45) is 6.05. The van der Waals surface area contributed by atoms with Gasteiger partial charge in [-0.25, -0.2) is 0 Å². The Bertz CT molecular complexity index is 1640. The number of hydrogen-bond acceptors (Lipinski definition) is 3. The molecule has 0 spiro atoms. The smallest absolute Gasteiger partial charge is 0.168 e. The van der Waals surface area contributed by atoms with Crippen molar-refractivity contribution in [3.63, 3.8) is 0 Å². The van der Waals surface area contributed by atoms with Gasteiger partial charge in [0.15, 0.2) is 10.0 Å². The first-order valence-corrected chi connectivity index (χ1v) is 15.8. The lowest BCUT2D eigenvalue weighted by Crippen LogP contribution is -2.95. The summed E-state index contributed by atoms with van der Waals surface area (Å²) in [4.78, 5) is 7.60. The van der Waals surface area contributed by atoms with Crippen LogP contribution in [-0.2, 0) is 12.8 Å². The summed E-state index contributed by atoms with van der Waals surface area (Å²) in [5, 5.41) is 7.14. The maximum atomic E-state index is 4.22. The zero-order valence-electron chi connectivity index (χ0n) is 23.3. The van der Waals surface area contributed by atoms with Crippen LogP contribution < -0.4 is 14.7 Å². The van der Waals surface area contributed by atoms with Crippen molar-refractivity contribution in [3.05, 3.63) is 146 Å². The molecule has 3 N–H and O–H groups in total. The van der Waals surface area contributed by atoms with E-state index in [-0.39, 0.29) is 0 Å². The minimum atomic E-state index is 1.09. The minimum absolute atomic E-state index is 1.09. The molecule has 0 amide bonds. The quantitative estimate of drug-likeness (QED) is 0.173. The molecule has 3 aromatic carbocycles. The number of quaternary nitrogens is 3. The van der Waals surface area contributed by atoms with E-state index >= 15 is 0 Å². The molecule has 1 unspecified atom stereocenters. The van der Waals surface area contributed by atoms with Crippen LogP contribution in [-0.4, -0.2) is 4.98 Å². The highest BCUT2D eigenvalue weighted by Crippen LogP contribution is 2.37. The minimum Gasteiger partial charge on any atom is -0.401 e. The molecular formula is C36H32N4S2. The standard InChI is InChI=1S/C13H11N.C12H10N2.C11H11NS2/c1-14-12-8-4-2-6-10(12)11-7-3-5-9-13(11)14;1-14-11-5-3-2-4-9(11)10-6-7-13-8-12(10)14;1-12-10-8(4-6-13-10)2-3-9-5-7-14-11(9)12/h2-9,14H,1H2;2-8,14H,1H2;4-7,12H,1-3H2. The van der Waals surface area contributed by atoms with Crippen molar-refractivity contribution in [1.29, 1.82) is 0 Å². The average molecular weight is 585 g/mol. The Morgan fingerprint density at radius 3 is 1.43 bits per heavy atom. The number of benzene rings is 3. The van der Waals surface area contributed by atoms with Crippen molar-refractivity contribution in [3.8, 4) is 22.3 Å². The lowest BCUT2D eigenvalue weighted by Gasteiger charge is -2.16.